The Hall–Kier alpha value is -1.42. The molecule has 0 bridgehead atoms. The maximum atomic E-state index is 13.0. The molecule has 1 fully saturated rings. The van der Waals surface area contributed by atoms with Crippen LogP contribution in [-0.2, 0) is 0 Å². The number of nitrogens with one attached hydrogen (secondary N) is 2. The second-order valence-corrected chi connectivity index (χ2v) is 4.78. The first-order chi connectivity index (χ1) is 8.09. The molecule has 4 heteroatoms. The van der Waals surface area contributed by atoms with Gasteiger partial charge < -0.3 is 10.6 Å². The number of hydrogen-bond donors (Lipinski definition) is 2. The van der Waals surface area contributed by atoms with Gasteiger partial charge in [-0.25, -0.2) is 4.39 Å². The summed E-state index contributed by atoms with van der Waals surface area (Å²) in [5.41, 5.74) is 0.194. The summed E-state index contributed by atoms with van der Waals surface area (Å²) in [6, 6.07) is 5.78. The predicted molar refractivity (Wildman–Crippen MR) is 64.4 cm³/mol. The van der Waals surface area contributed by atoms with Crippen molar-refractivity contribution in [2.24, 2.45) is 0 Å². The topological polar surface area (TPSA) is 41.1 Å². The lowest BCUT2D eigenvalue weighted by Gasteiger charge is -2.35. The van der Waals surface area contributed by atoms with Gasteiger partial charge in [0.2, 0.25) is 0 Å². The quantitative estimate of drug-likeness (QED) is 0.820. The number of carbonyl (C=O) groups excluding carboxylic acids is 1. The monoisotopic (exact) mass is 236 g/mol. The highest BCUT2D eigenvalue weighted by Gasteiger charge is 2.28. The molecular weight excluding hydrogens is 219 g/mol. The second kappa shape index (κ2) is 4.84. The van der Waals surface area contributed by atoms with Gasteiger partial charge in [-0.3, -0.25) is 4.79 Å². The summed E-state index contributed by atoms with van der Waals surface area (Å²) in [5.74, 6) is -0.581. The van der Waals surface area contributed by atoms with Crippen LogP contribution in [0, 0.1) is 5.82 Å². The third kappa shape index (κ3) is 3.03. The summed E-state index contributed by atoms with van der Waals surface area (Å²) in [6.45, 7) is 3.84. The molecule has 0 atom stereocenters. The Balaban J connectivity index is 2.06. The van der Waals surface area contributed by atoms with Gasteiger partial charge in [-0.05, 0) is 51.1 Å². The molecule has 0 unspecified atom stereocenters. The summed E-state index contributed by atoms with van der Waals surface area (Å²) in [7, 11) is 0. The van der Waals surface area contributed by atoms with Crippen molar-refractivity contribution in [3.8, 4) is 0 Å². The molecule has 0 aliphatic carbocycles. The normalized spacial score (nSPS) is 18.7. The van der Waals surface area contributed by atoms with Gasteiger partial charge in [-0.2, -0.15) is 0 Å². The van der Waals surface area contributed by atoms with E-state index in [-0.39, 0.29) is 17.3 Å². The average Bonchev–Trinajstić information content (AvgIpc) is 2.29. The van der Waals surface area contributed by atoms with Gasteiger partial charge in [-0.15, -0.1) is 0 Å². The highest BCUT2D eigenvalue weighted by Crippen LogP contribution is 2.18. The number of carbonyl (C=O) groups is 1. The molecule has 1 aliphatic heterocycles. The summed E-state index contributed by atoms with van der Waals surface area (Å²) in [6.07, 6.45) is 1.79. The predicted octanol–water partition coefficient (Wildman–Crippen LogP) is 1.70. The third-order valence-electron chi connectivity index (χ3n) is 3.21. The number of benzene rings is 1. The van der Waals surface area contributed by atoms with Crippen molar-refractivity contribution >= 4 is 5.91 Å². The van der Waals surface area contributed by atoms with Crippen LogP contribution >= 0.6 is 0 Å². The van der Waals surface area contributed by atoms with E-state index in [2.05, 4.69) is 10.6 Å². The van der Waals surface area contributed by atoms with E-state index in [9.17, 15) is 9.18 Å². The van der Waals surface area contributed by atoms with Crippen molar-refractivity contribution in [2.45, 2.75) is 25.3 Å². The molecule has 0 aromatic heterocycles. The van der Waals surface area contributed by atoms with Crippen LogP contribution in [0.2, 0.25) is 0 Å². The van der Waals surface area contributed by atoms with Crippen molar-refractivity contribution in [2.75, 3.05) is 13.1 Å². The Morgan fingerprint density at radius 1 is 1.41 bits per heavy atom. The summed E-state index contributed by atoms with van der Waals surface area (Å²) in [5, 5.41) is 6.24. The Labute approximate surface area is 100 Å². The number of halogens is 1. The second-order valence-electron chi connectivity index (χ2n) is 4.78. The molecule has 1 heterocycles. The van der Waals surface area contributed by atoms with Gasteiger partial charge >= 0.3 is 0 Å². The van der Waals surface area contributed by atoms with E-state index in [1.807, 2.05) is 6.92 Å². The Morgan fingerprint density at radius 2 is 2.12 bits per heavy atom. The van der Waals surface area contributed by atoms with Gasteiger partial charge in [-0.1, -0.05) is 6.07 Å². The van der Waals surface area contributed by atoms with Crippen molar-refractivity contribution < 1.29 is 9.18 Å². The highest BCUT2D eigenvalue weighted by atomic mass is 19.1. The summed E-state index contributed by atoms with van der Waals surface area (Å²) >= 11 is 0. The minimum absolute atomic E-state index is 0.186. The largest absolute Gasteiger partial charge is 0.347 e. The standard InChI is InChI=1S/C13H17FN2O/c1-13(5-7-15-8-6-13)16-12(17)10-3-2-4-11(14)9-10/h2-4,9,15H,5-8H2,1H3,(H,16,17). The number of amides is 1. The van der Waals surface area contributed by atoms with Crippen LogP contribution in [0.1, 0.15) is 30.1 Å². The molecule has 2 rings (SSSR count). The molecule has 1 amide bonds. The first-order valence-electron chi connectivity index (χ1n) is 5.88. The van der Waals surface area contributed by atoms with E-state index in [0.717, 1.165) is 25.9 Å². The molecule has 1 aliphatic rings. The first-order valence-corrected chi connectivity index (χ1v) is 5.88. The minimum atomic E-state index is -0.381. The zero-order valence-corrected chi connectivity index (χ0v) is 9.92. The van der Waals surface area contributed by atoms with Crippen molar-refractivity contribution in [3.05, 3.63) is 35.6 Å². The van der Waals surface area contributed by atoms with E-state index in [1.165, 1.54) is 12.1 Å². The smallest absolute Gasteiger partial charge is 0.251 e. The maximum Gasteiger partial charge on any atom is 0.251 e. The number of rotatable bonds is 2. The van der Waals surface area contributed by atoms with Crippen LogP contribution in [-0.4, -0.2) is 24.5 Å². The Morgan fingerprint density at radius 3 is 2.76 bits per heavy atom. The van der Waals surface area contributed by atoms with Crippen LogP contribution in [0.3, 0.4) is 0 Å². The first kappa shape index (κ1) is 12.0. The molecule has 0 radical (unpaired) electrons. The van der Waals surface area contributed by atoms with E-state index in [0.29, 0.717) is 5.56 Å². The molecule has 1 aromatic rings. The van der Waals surface area contributed by atoms with Crippen LogP contribution < -0.4 is 10.6 Å². The SMILES string of the molecule is CC1(NC(=O)c2cccc(F)c2)CCNCC1. The van der Waals surface area contributed by atoms with Crippen LogP contribution in [0.25, 0.3) is 0 Å². The Bertz CT molecular complexity index is 414. The summed E-state index contributed by atoms with van der Waals surface area (Å²) in [4.78, 5) is 12.0. The van der Waals surface area contributed by atoms with Crippen LogP contribution in [0.5, 0.6) is 0 Å². The molecule has 0 saturated carbocycles. The zero-order chi connectivity index (χ0) is 12.3. The number of hydrogen-bond acceptors (Lipinski definition) is 2. The molecular formula is C13H17FN2O. The van der Waals surface area contributed by atoms with E-state index in [4.69, 9.17) is 0 Å². The van der Waals surface area contributed by atoms with E-state index in [1.54, 1.807) is 12.1 Å². The average molecular weight is 236 g/mol. The van der Waals surface area contributed by atoms with Gasteiger partial charge in [0.25, 0.3) is 5.91 Å². The highest BCUT2D eigenvalue weighted by molar-refractivity contribution is 5.94. The fourth-order valence-electron chi connectivity index (χ4n) is 2.08. The fraction of sp³-hybridized carbons (Fsp3) is 0.462. The molecule has 1 saturated heterocycles. The zero-order valence-electron chi connectivity index (χ0n) is 9.92. The molecule has 3 nitrogen and oxygen atoms in total. The lowest BCUT2D eigenvalue weighted by molar-refractivity contribution is 0.0887. The van der Waals surface area contributed by atoms with Crippen LogP contribution in [0.15, 0.2) is 24.3 Å². The summed E-state index contributed by atoms with van der Waals surface area (Å²) < 4.78 is 13.0. The lowest BCUT2D eigenvalue weighted by atomic mass is 9.90. The van der Waals surface area contributed by atoms with Crippen LogP contribution in [0.4, 0.5) is 4.39 Å². The molecule has 92 valence electrons. The van der Waals surface area contributed by atoms with E-state index >= 15 is 0 Å². The lowest BCUT2D eigenvalue weighted by Crippen LogP contribution is -2.52. The maximum absolute atomic E-state index is 13.0. The fourth-order valence-corrected chi connectivity index (χ4v) is 2.08. The molecule has 2 N–H and O–H groups in total. The number of piperidine rings is 1. The molecule has 1 aromatic carbocycles. The molecule has 0 spiro atoms. The van der Waals surface area contributed by atoms with Gasteiger partial charge in [0.1, 0.15) is 5.82 Å². The molecule has 17 heavy (non-hydrogen) atoms. The van der Waals surface area contributed by atoms with E-state index < -0.39 is 0 Å². The minimum Gasteiger partial charge on any atom is -0.347 e. The Kier molecular flexibility index (Phi) is 3.43. The van der Waals surface area contributed by atoms with Gasteiger partial charge in [0.05, 0.1) is 0 Å². The van der Waals surface area contributed by atoms with Crippen molar-refractivity contribution in [1.29, 1.82) is 0 Å². The van der Waals surface area contributed by atoms with Gasteiger partial charge in [0.15, 0.2) is 0 Å². The third-order valence-corrected chi connectivity index (χ3v) is 3.21. The van der Waals surface area contributed by atoms with Crippen molar-refractivity contribution in [3.63, 3.8) is 0 Å². The van der Waals surface area contributed by atoms with Gasteiger partial charge in [0, 0.05) is 11.1 Å². The van der Waals surface area contributed by atoms with Crippen molar-refractivity contribution in [1.82, 2.24) is 10.6 Å².